The van der Waals surface area contributed by atoms with Gasteiger partial charge in [0.25, 0.3) is 0 Å². The lowest BCUT2D eigenvalue weighted by Gasteiger charge is -2.15. The molecule has 0 radical (unpaired) electrons. The molecule has 0 aliphatic rings. The van der Waals surface area contributed by atoms with Gasteiger partial charge in [-0.15, -0.1) is 0 Å². The molecule has 0 fully saturated rings. The molecule has 0 amide bonds. The van der Waals surface area contributed by atoms with E-state index in [9.17, 15) is 0 Å². The van der Waals surface area contributed by atoms with Crippen molar-refractivity contribution in [1.82, 2.24) is 14.5 Å². The van der Waals surface area contributed by atoms with Crippen LogP contribution in [0, 0.1) is 0 Å². The van der Waals surface area contributed by atoms with Crippen LogP contribution in [0.2, 0.25) is 0 Å². The van der Waals surface area contributed by atoms with Crippen LogP contribution in [-0.4, -0.2) is 14.5 Å². The van der Waals surface area contributed by atoms with E-state index in [2.05, 4.69) is 229 Å². The van der Waals surface area contributed by atoms with Crippen molar-refractivity contribution >= 4 is 75.8 Å². The van der Waals surface area contributed by atoms with Crippen LogP contribution < -0.4 is 0 Å². The monoisotopic (exact) mass is 799 g/mol. The Kier molecular flexibility index (Phi) is 7.91. The van der Waals surface area contributed by atoms with Crippen molar-refractivity contribution in [2.24, 2.45) is 0 Å². The average molecular weight is 800 g/mol. The number of rotatable bonds is 5. The van der Waals surface area contributed by atoms with E-state index in [0.29, 0.717) is 5.82 Å². The molecule has 2 heterocycles. The van der Waals surface area contributed by atoms with Crippen LogP contribution in [0.5, 0.6) is 0 Å². The third-order valence-electron chi connectivity index (χ3n) is 13.0. The van der Waals surface area contributed by atoms with Crippen LogP contribution in [0.1, 0.15) is 0 Å². The second kappa shape index (κ2) is 14.1. The molecule has 3 heteroatoms. The van der Waals surface area contributed by atoms with E-state index >= 15 is 0 Å². The van der Waals surface area contributed by atoms with E-state index in [1.165, 1.54) is 70.8 Å². The standard InChI is InChI=1S/C60H37N3/c1-2-15-38(16-3-1)41-20-12-22-43(35-41)59-52-27-10-11-30-54(52)61-60(62-59)51-29-14-21-42-36-44(32-33-46(42)51)63-55-34-31-40-18-5-7-24-47(40)57(55)58-50-26-9-8-25-49(50)53(37-56(58)63)48-28-13-19-39-17-4-6-23-45(39)48/h1-37H. The Morgan fingerprint density at radius 2 is 0.905 bits per heavy atom. The van der Waals surface area contributed by atoms with E-state index < -0.39 is 0 Å². The second-order valence-corrected chi connectivity index (χ2v) is 16.5. The summed E-state index contributed by atoms with van der Waals surface area (Å²) in [5.74, 6) is 0.710. The summed E-state index contributed by atoms with van der Waals surface area (Å²) in [6.07, 6.45) is 0. The summed E-state index contributed by atoms with van der Waals surface area (Å²) in [7, 11) is 0. The van der Waals surface area contributed by atoms with Gasteiger partial charge in [0.2, 0.25) is 0 Å². The van der Waals surface area contributed by atoms with E-state index in [4.69, 9.17) is 9.97 Å². The lowest BCUT2D eigenvalue weighted by Crippen LogP contribution is -1.97. The Labute approximate surface area is 363 Å². The van der Waals surface area contributed by atoms with Gasteiger partial charge in [0.05, 0.1) is 22.2 Å². The van der Waals surface area contributed by atoms with Crippen molar-refractivity contribution in [3.8, 4) is 50.6 Å². The summed E-state index contributed by atoms with van der Waals surface area (Å²) in [6.45, 7) is 0. The maximum atomic E-state index is 5.38. The lowest BCUT2D eigenvalue weighted by molar-refractivity contribution is 1.19. The molecule has 3 nitrogen and oxygen atoms in total. The van der Waals surface area contributed by atoms with Crippen molar-refractivity contribution in [3.63, 3.8) is 0 Å². The van der Waals surface area contributed by atoms with Crippen molar-refractivity contribution < 1.29 is 0 Å². The van der Waals surface area contributed by atoms with Crippen molar-refractivity contribution in [2.75, 3.05) is 0 Å². The summed E-state index contributed by atoms with van der Waals surface area (Å²) in [6, 6.07) is 81.1. The molecule has 0 saturated heterocycles. The topological polar surface area (TPSA) is 30.7 Å². The van der Waals surface area contributed by atoms with Crippen LogP contribution in [0.4, 0.5) is 0 Å². The Morgan fingerprint density at radius 3 is 1.76 bits per heavy atom. The molecule has 0 spiro atoms. The van der Waals surface area contributed by atoms with Gasteiger partial charge in [-0.25, -0.2) is 9.97 Å². The first kappa shape index (κ1) is 35.4. The molecule has 13 rings (SSSR count). The van der Waals surface area contributed by atoms with Gasteiger partial charge in [-0.3, -0.25) is 0 Å². The number of aromatic nitrogens is 3. The molecule has 0 aliphatic carbocycles. The fourth-order valence-corrected chi connectivity index (χ4v) is 10.1. The summed E-state index contributed by atoms with van der Waals surface area (Å²) in [5, 5.41) is 13.3. The summed E-state index contributed by atoms with van der Waals surface area (Å²) in [4.78, 5) is 10.6. The van der Waals surface area contributed by atoms with E-state index in [-0.39, 0.29) is 0 Å². The van der Waals surface area contributed by atoms with Gasteiger partial charge in [0.1, 0.15) is 0 Å². The average Bonchev–Trinajstić information content (AvgIpc) is 3.70. The third-order valence-corrected chi connectivity index (χ3v) is 13.0. The Balaban J connectivity index is 1.04. The van der Waals surface area contributed by atoms with Gasteiger partial charge in [0, 0.05) is 33.0 Å². The first-order valence-corrected chi connectivity index (χ1v) is 21.6. The number of hydrogen-bond acceptors (Lipinski definition) is 2. The second-order valence-electron chi connectivity index (χ2n) is 16.5. The van der Waals surface area contributed by atoms with E-state index in [0.717, 1.165) is 49.7 Å². The zero-order chi connectivity index (χ0) is 41.4. The molecule has 11 aromatic carbocycles. The Bertz CT molecular complexity index is 3970. The first-order valence-electron chi connectivity index (χ1n) is 21.6. The highest BCUT2D eigenvalue weighted by molar-refractivity contribution is 6.30. The molecule has 292 valence electrons. The SMILES string of the molecule is c1ccc(-c2cccc(-c3nc(-c4cccc5cc(-n6c7ccc8ccccc8c7c7c8ccccc8c(-c8cccc9ccccc89)cc76)ccc45)nc4ccccc34)c2)cc1. The molecule has 13 aromatic rings. The molecule has 2 aromatic heterocycles. The van der Waals surface area contributed by atoms with Crippen LogP contribution in [-0.2, 0) is 0 Å². The van der Waals surface area contributed by atoms with E-state index in [1.54, 1.807) is 0 Å². The smallest absolute Gasteiger partial charge is 0.161 e. The number of para-hydroxylation sites is 1. The Morgan fingerprint density at radius 1 is 0.302 bits per heavy atom. The number of nitrogens with zero attached hydrogens (tertiary/aromatic N) is 3. The maximum Gasteiger partial charge on any atom is 0.161 e. The normalized spacial score (nSPS) is 11.8. The molecular weight excluding hydrogens is 763 g/mol. The molecule has 0 bridgehead atoms. The zero-order valence-corrected chi connectivity index (χ0v) is 34.2. The summed E-state index contributed by atoms with van der Waals surface area (Å²) >= 11 is 0. The highest BCUT2D eigenvalue weighted by Crippen LogP contribution is 2.45. The lowest BCUT2D eigenvalue weighted by atomic mass is 9.91. The summed E-state index contributed by atoms with van der Waals surface area (Å²) < 4.78 is 2.48. The van der Waals surface area contributed by atoms with Gasteiger partial charge < -0.3 is 4.57 Å². The predicted octanol–water partition coefficient (Wildman–Crippen LogP) is 16.0. The van der Waals surface area contributed by atoms with E-state index in [1.807, 2.05) is 0 Å². The summed E-state index contributed by atoms with van der Waals surface area (Å²) in [5.41, 5.74) is 12.2. The number of benzene rings is 11. The highest BCUT2D eigenvalue weighted by atomic mass is 15.0. The Hall–Kier alpha value is -8.40. The molecule has 0 atom stereocenters. The molecule has 0 saturated carbocycles. The van der Waals surface area contributed by atoms with Crippen molar-refractivity contribution in [1.29, 1.82) is 0 Å². The minimum atomic E-state index is 0.710. The van der Waals surface area contributed by atoms with Gasteiger partial charge in [-0.2, -0.15) is 0 Å². The van der Waals surface area contributed by atoms with Crippen LogP contribution in [0.3, 0.4) is 0 Å². The van der Waals surface area contributed by atoms with Crippen LogP contribution >= 0.6 is 0 Å². The number of fused-ring (bicyclic) bond motifs is 10. The molecule has 0 N–H and O–H groups in total. The van der Waals surface area contributed by atoms with Crippen molar-refractivity contribution in [2.45, 2.75) is 0 Å². The highest BCUT2D eigenvalue weighted by Gasteiger charge is 2.21. The molecular formula is C60H37N3. The fraction of sp³-hybridized carbons (Fsp3) is 0. The largest absolute Gasteiger partial charge is 0.309 e. The third kappa shape index (κ3) is 5.60. The quantitative estimate of drug-likeness (QED) is 0.174. The van der Waals surface area contributed by atoms with Crippen LogP contribution in [0.15, 0.2) is 224 Å². The molecule has 0 unspecified atom stereocenters. The maximum absolute atomic E-state index is 5.38. The van der Waals surface area contributed by atoms with Gasteiger partial charge in [-0.05, 0) is 102 Å². The first-order chi connectivity index (χ1) is 31.2. The number of hydrogen-bond donors (Lipinski definition) is 0. The minimum absolute atomic E-state index is 0.710. The molecule has 63 heavy (non-hydrogen) atoms. The predicted molar refractivity (Wildman–Crippen MR) is 266 cm³/mol. The van der Waals surface area contributed by atoms with Crippen molar-refractivity contribution in [3.05, 3.63) is 224 Å². The fourth-order valence-electron chi connectivity index (χ4n) is 10.1. The van der Waals surface area contributed by atoms with Gasteiger partial charge in [0.15, 0.2) is 5.82 Å². The zero-order valence-electron chi connectivity index (χ0n) is 34.2. The minimum Gasteiger partial charge on any atom is -0.309 e. The van der Waals surface area contributed by atoms with Gasteiger partial charge >= 0.3 is 0 Å². The molecule has 0 aliphatic heterocycles. The van der Waals surface area contributed by atoms with Crippen LogP contribution in [0.25, 0.3) is 126 Å². The van der Waals surface area contributed by atoms with Gasteiger partial charge in [-0.1, -0.05) is 188 Å².